The Hall–Kier alpha value is -2.30. The summed E-state index contributed by atoms with van der Waals surface area (Å²) < 4.78 is 19.4. The number of hydrogen-bond donors (Lipinski definition) is 2. The Morgan fingerprint density at radius 1 is 1.33 bits per heavy atom. The quantitative estimate of drug-likeness (QED) is 0.811. The molecule has 3 N–H and O–H groups in total. The minimum Gasteiger partial charge on any atom is -0.481 e. The van der Waals surface area contributed by atoms with Crippen molar-refractivity contribution < 1.29 is 24.1 Å². The van der Waals surface area contributed by atoms with E-state index in [-0.39, 0.29) is 12.2 Å². The predicted molar refractivity (Wildman–Crippen MR) is 79.7 cm³/mol. The largest absolute Gasteiger partial charge is 0.481 e. The van der Waals surface area contributed by atoms with Crippen LogP contribution in [0.4, 0.5) is 5.82 Å². The van der Waals surface area contributed by atoms with Gasteiger partial charge in [0, 0.05) is 0 Å². The number of fused-ring (bicyclic) bond motifs is 2. The number of rotatable bonds is 3. The molecule has 24 heavy (non-hydrogen) atoms. The molecule has 2 saturated heterocycles. The Kier molecular flexibility index (Phi) is 3.24. The lowest BCUT2D eigenvalue weighted by Gasteiger charge is -2.24. The molecule has 4 atom stereocenters. The maximum atomic E-state index is 11.1. The number of aliphatic carboxylic acids is 1. The molecule has 4 heterocycles. The molecule has 0 amide bonds. The number of nitrogens with two attached hydrogens (primary N) is 1. The molecule has 128 valence electrons. The molecule has 10 nitrogen and oxygen atoms in total. The molecule has 2 fully saturated rings. The van der Waals surface area contributed by atoms with Gasteiger partial charge in [-0.05, 0) is 13.8 Å². The standard InChI is InChI=1S/C14H17N5O5/c1-14(2)23-9-6(3-7(20)21)22-13(10(9)24-14)19-5-18-8-11(15)16-4-17-12(8)19/h4-6,9-10,13H,3H2,1-2H3,(H,20,21)(H2,15,16,17)/t6-,9-,10-,13-/m1/s1. The van der Waals surface area contributed by atoms with Gasteiger partial charge in [-0.3, -0.25) is 9.36 Å². The fraction of sp³-hybridized carbons (Fsp3) is 0.571. The van der Waals surface area contributed by atoms with Crippen LogP contribution in [0.5, 0.6) is 0 Å². The lowest BCUT2D eigenvalue weighted by atomic mass is 10.1. The fourth-order valence-corrected chi connectivity index (χ4v) is 3.28. The third kappa shape index (κ3) is 2.30. The molecule has 0 unspecified atom stereocenters. The van der Waals surface area contributed by atoms with Crippen LogP contribution >= 0.6 is 0 Å². The van der Waals surface area contributed by atoms with E-state index in [2.05, 4.69) is 15.0 Å². The van der Waals surface area contributed by atoms with E-state index in [0.29, 0.717) is 11.2 Å². The molecule has 2 aliphatic heterocycles. The van der Waals surface area contributed by atoms with Crippen molar-refractivity contribution >= 4 is 23.0 Å². The first-order valence-electron chi connectivity index (χ1n) is 7.51. The summed E-state index contributed by atoms with van der Waals surface area (Å²) in [4.78, 5) is 23.4. The summed E-state index contributed by atoms with van der Waals surface area (Å²) in [5.41, 5.74) is 6.76. The number of ether oxygens (including phenoxy) is 3. The summed E-state index contributed by atoms with van der Waals surface area (Å²) in [6, 6.07) is 0. The van der Waals surface area contributed by atoms with Crippen molar-refractivity contribution in [2.45, 2.75) is 50.6 Å². The summed E-state index contributed by atoms with van der Waals surface area (Å²) in [6.45, 7) is 3.57. The summed E-state index contributed by atoms with van der Waals surface area (Å²) in [5.74, 6) is -1.52. The highest BCUT2D eigenvalue weighted by atomic mass is 16.8. The van der Waals surface area contributed by atoms with Gasteiger partial charge in [-0.25, -0.2) is 15.0 Å². The molecule has 2 aromatic rings. The van der Waals surface area contributed by atoms with Crippen molar-refractivity contribution in [2.24, 2.45) is 0 Å². The molecular formula is C14H17N5O5. The van der Waals surface area contributed by atoms with E-state index in [1.54, 1.807) is 18.4 Å². The van der Waals surface area contributed by atoms with Crippen LogP contribution in [0.2, 0.25) is 0 Å². The van der Waals surface area contributed by atoms with Crippen molar-refractivity contribution in [1.82, 2.24) is 19.5 Å². The number of nitrogen functional groups attached to an aromatic ring is 1. The average Bonchev–Trinajstić information content (AvgIpc) is 3.12. The molecule has 0 aliphatic carbocycles. The minimum atomic E-state index is -0.963. The van der Waals surface area contributed by atoms with Gasteiger partial charge in [-0.2, -0.15) is 0 Å². The van der Waals surface area contributed by atoms with Gasteiger partial charge in [0.15, 0.2) is 23.5 Å². The van der Waals surface area contributed by atoms with E-state index in [1.165, 1.54) is 12.7 Å². The molecule has 2 aliphatic rings. The van der Waals surface area contributed by atoms with Crippen molar-refractivity contribution in [3.63, 3.8) is 0 Å². The topological polar surface area (TPSA) is 135 Å². The molecule has 4 rings (SSSR count). The molecule has 0 radical (unpaired) electrons. The van der Waals surface area contributed by atoms with Gasteiger partial charge >= 0.3 is 5.97 Å². The second kappa shape index (κ2) is 5.10. The van der Waals surface area contributed by atoms with Crippen molar-refractivity contribution in [3.05, 3.63) is 12.7 Å². The zero-order chi connectivity index (χ0) is 17.1. The molecular weight excluding hydrogens is 318 g/mol. The summed E-state index contributed by atoms with van der Waals surface area (Å²) >= 11 is 0. The summed E-state index contributed by atoms with van der Waals surface area (Å²) in [5, 5.41) is 9.12. The highest BCUT2D eigenvalue weighted by Crippen LogP contribution is 2.44. The number of carboxylic acid groups (broad SMARTS) is 1. The zero-order valence-corrected chi connectivity index (χ0v) is 13.1. The van der Waals surface area contributed by atoms with Gasteiger partial charge in [-0.1, -0.05) is 0 Å². The van der Waals surface area contributed by atoms with E-state index >= 15 is 0 Å². The van der Waals surface area contributed by atoms with Crippen LogP contribution in [0.25, 0.3) is 11.2 Å². The van der Waals surface area contributed by atoms with E-state index < -0.39 is 36.3 Å². The Labute approximate surface area is 136 Å². The maximum absolute atomic E-state index is 11.1. The number of nitrogens with zero attached hydrogens (tertiary/aromatic N) is 4. The fourth-order valence-electron chi connectivity index (χ4n) is 3.28. The SMILES string of the molecule is CC1(C)O[C@@H]2[C@H](O1)[C@@H](CC(=O)O)O[C@H]2n1cnc2c(N)ncnc21. The van der Waals surface area contributed by atoms with E-state index in [1.807, 2.05) is 0 Å². The molecule has 10 heteroatoms. The number of imidazole rings is 1. The Morgan fingerprint density at radius 2 is 2.08 bits per heavy atom. The minimum absolute atomic E-state index is 0.180. The number of carboxylic acids is 1. The van der Waals surface area contributed by atoms with Gasteiger partial charge in [0.25, 0.3) is 0 Å². The summed E-state index contributed by atoms with van der Waals surface area (Å²) in [6.07, 6.45) is 0.496. The monoisotopic (exact) mass is 335 g/mol. The predicted octanol–water partition coefficient (Wildman–Crippen LogP) is 0.301. The first-order valence-corrected chi connectivity index (χ1v) is 7.51. The van der Waals surface area contributed by atoms with E-state index in [9.17, 15) is 4.79 Å². The van der Waals surface area contributed by atoms with Gasteiger partial charge in [0.1, 0.15) is 24.1 Å². The van der Waals surface area contributed by atoms with Gasteiger partial charge in [0.2, 0.25) is 0 Å². The highest BCUT2D eigenvalue weighted by molar-refractivity contribution is 5.81. The number of hydrogen-bond acceptors (Lipinski definition) is 8. The van der Waals surface area contributed by atoms with Crippen molar-refractivity contribution in [2.75, 3.05) is 5.73 Å². The normalized spacial score (nSPS) is 31.4. The van der Waals surface area contributed by atoms with Crippen LogP contribution < -0.4 is 5.73 Å². The average molecular weight is 335 g/mol. The highest BCUT2D eigenvalue weighted by Gasteiger charge is 2.56. The first kappa shape index (κ1) is 15.2. The third-order valence-electron chi connectivity index (χ3n) is 4.16. The first-order chi connectivity index (χ1) is 11.4. The zero-order valence-electron chi connectivity index (χ0n) is 13.1. The van der Waals surface area contributed by atoms with Crippen LogP contribution in [-0.4, -0.2) is 54.7 Å². The second-order valence-corrected chi connectivity index (χ2v) is 6.31. The number of anilines is 1. The number of aromatic nitrogens is 4. The van der Waals surface area contributed by atoms with Crippen LogP contribution in [0.3, 0.4) is 0 Å². The molecule has 0 aromatic carbocycles. The van der Waals surface area contributed by atoms with E-state index in [4.69, 9.17) is 25.1 Å². The third-order valence-corrected chi connectivity index (χ3v) is 4.16. The Balaban J connectivity index is 1.74. The lowest BCUT2D eigenvalue weighted by molar-refractivity contribution is -0.198. The van der Waals surface area contributed by atoms with Gasteiger partial charge < -0.3 is 25.1 Å². The van der Waals surface area contributed by atoms with Crippen molar-refractivity contribution in [1.29, 1.82) is 0 Å². The Bertz CT molecular complexity index is 806. The smallest absolute Gasteiger partial charge is 0.306 e. The number of carbonyl (C=O) groups is 1. The molecule has 0 bridgehead atoms. The van der Waals surface area contributed by atoms with Crippen LogP contribution in [-0.2, 0) is 19.0 Å². The van der Waals surface area contributed by atoms with Crippen molar-refractivity contribution in [3.8, 4) is 0 Å². The van der Waals surface area contributed by atoms with Gasteiger partial charge in [0.05, 0.1) is 18.9 Å². The van der Waals surface area contributed by atoms with Crippen LogP contribution in [0.15, 0.2) is 12.7 Å². The molecule has 0 spiro atoms. The Morgan fingerprint density at radius 3 is 2.83 bits per heavy atom. The van der Waals surface area contributed by atoms with E-state index in [0.717, 1.165) is 0 Å². The van der Waals surface area contributed by atoms with Crippen LogP contribution in [0, 0.1) is 0 Å². The summed E-state index contributed by atoms with van der Waals surface area (Å²) in [7, 11) is 0. The van der Waals surface area contributed by atoms with Gasteiger partial charge in [-0.15, -0.1) is 0 Å². The molecule has 2 aromatic heterocycles. The molecule has 0 saturated carbocycles. The lowest BCUT2D eigenvalue weighted by Crippen LogP contribution is -2.31. The second-order valence-electron chi connectivity index (χ2n) is 6.31. The maximum Gasteiger partial charge on any atom is 0.306 e. The van der Waals surface area contributed by atoms with Crippen LogP contribution in [0.1, 0.15) is 26.5 Å².